The molecule has 0 saturated heterocycles. The van der Waals surface area contributed by atoms with Crippen molar-refractivity contribution in [1.82, 2.24) is 4.90 Å². The van der Waals surface area contributed by atoms with Crippen LogP contribution >= 0.6 is 0 Å². The maximum absolute atomic E-state index is 11.8. The molecule has 0 amide bonds. The summed E-state index contributed by atoms with van der Waals surface area (Å²) < 4.78 is 0. The molecule has 2 aromatic carbocycles. The zero-order valence-electron chi connectivity index (χ0n) is 9.90. The van der Waals surface area contributed by atoms with Crippen molar-refractivity contribution >= 4 is 16.6 Å². The van der Waals surface area contributed by atoms with Gasteiger partial charge in [-0.25, -0.2) is 0 Å². The molecule has 0 spiro atoms. The van der Waals surface area contributed by atoms with Crippen LogP contribution in [0.2, 0.25) is 0 Å². The summed E-state index contributed by atoms with van der Waals surface area (Å²) in [5.74, 6) is 2.45. The van der Waals surface area contributed by atoms with E-state index in [0.29, 0.717) is 5.56 Å². The quantitative estimate of drug-likeness (QED) is 0.420. The maximum atomic E-state index is 11.8. The number of hydrogen-bond acceptors (Lipinski definition) is 2. The topological polar surface area (TPSA) is 20.3 Å². The fourth-order valence-corrected chi connectivity index (χ4v) is 1.57. The lowest BCUT2D eigenvalue weighted by atomic mass is 10.0. The zero-order valence-corrected chi connectivity index (χ0v) is 9.90. The van der Waals surface area contributed by atoms with E-state index >= 15 is 0 Å². The highest BCUT2D eigenvalue weighted by Crippen LogP contribution is 2.15. The molecule has 0 heterocycles. The number of carbonyl (C=O) groups excluding carboxylic acids is 1. The van der Waals surface area contributed by atoms with Gasteiger partial charge >= 0.3 is 0 Å². The van der Waals surface area contributed by atoms with Crippen molar-refractivity contribution in [3.8, 4) is 12.0 Å². The average molecular weight is 223 g/mol. The molecule has 0 fully saturated rings. The van der Waals surface area contributed by atoms with Gasteiger partial charge in [-0.1, -0.05) is 30.3 Å². The molecule has 0 aromatic heterocycles. The van der Waals surface area contributed by atoms with E-state index in [9.17, 15) is 4.79 Å². The molecule has 0 aliphatic heterocycles. The Morgan fingerprint density at radius 1 is 1.06 bits per heavy atom. The molecule has 0 saturated carbocycles. The molecular weight excluding hydrogens is 210 g/mol. The van der Waals surface area contributed by atoms with Crippen LogP contribution in [-0.4, -0.2) is 24.8 Å². The third-order valence-electron chi connectivity index (χ3n) is 2.40. The number of carbonyl (C=O) groups is 1. The smallest absolute Gasteiger partial charge is 0.237 e. The Hall–Kier alpha value is -2.27. The summed E-state index contributed by atoms with van der Waals surface area (Å²) in [6.45, 7) is 0. The van der Waals surface area contributed by atoms with E-state index in [1.54, 1.807) is 19.0 Å². The first-order valence-corrected chi connectivity index (χ1v) is 5.39. The average Bonchev–Trinajstić information content (AvgIpc) is 2.35. The standard InChI is InChI=1S/C15H13NO/c1-16(2)10-9-15(17)14-8-7-12-5-3-4-6-13(12)11-14/h3-8,11H,1-2H3. The van der Waals surface area contributed by atoms with E-state index in [2.05, 4.69) is 12.0 Å². The summed E-state index contributed by atoms with van der Waals surface area (Å²) in [6, 6.07) is 16.3. The summed E-state index contributed by atoms with van der Waals surface area (Å²) in [6.07, 6.45) is 0. The van der Waals surface area contributed by atoms with E-state index < -0.39 is 0 Å². The fourth-order valence-electron chi connectivity index (χ4n) is 1.57. The van der Waals surface area contributed by atoms with Crippen LogP contribution in [0.1, 0.15) is 10.4 Å². The first-order valence-electron chi connectivity index (χ1n) is 5.39. The predicted molar refractivity (Wildman–Crippen MR) is 69.7 cm³/mol. The number of hydrogen-bond donors (Lipinski definition) is 0. The van der Waals surface area contributed by atoms with Gasteiger partial charge in [-0.05, 0) is 28.8 Å². The minimum Gasteiger partial charge on any atom is -0.338 e. The maximum Gasteiger partial charge on any atom is 0.237 e. The van der Waals surface area contributed by atoms with Gasteiger partial charge < -0.3 is 4.90 Å². The van der Waals surface area contributed by atoms with Crippen molar-refractivity contribution in [2.24, 2.45) is 0 Å². The van der Waals surface area contributed by atoms with Crippen molar-refractivity contribution in [1.29, 1.82) is 0 Å². The van der Waals surface area contributed by atoms with Crippen molar-refractivity contribution in [2.75, 3.05) is 14.1 Å². The van der Waals surface area contributed by atoms with Crippen LogP contribution in [0.4, 0.5) is 0 Å². The van der Waals surface area contributed by atoms with Crippen LogP contribution in [0, 0.1) is 12.0 Å². The molecule has 84 valence electrons. The van der Waals surface area contributed by atoms with E-state index in [4.69, 9.17) is 0 Å². The third-order valence-corrected chi connectivity index (χ3v) is 2.40. The molecule has 2 nitrogen and oxygen atoms in total. The third kappa shape index (κ3) is 2.64. The Balaban J connectivity index is 2.38. The summed E-state index contributed by atoms with van der Waals surface area (Å²) in [5.41, 5.74) is 0.637. The van der Waals surface area contributed by atoms with Gasteiger partial charge in [0.05, 0.1) is 0 Å². The summed E-state index contributed by atoms with van der Waals surface area (Å²) in [4.78, 5) is 13.5. The van der Waals surface area contributed by atoms with Gasteiger partial charge in [0.25, 0.3) is 0 Å². The molecule has 0 atom stereocenters. The molecule has 2 heteroatoms. The van der Waals surface area contributed by atoms with E-state index in [1.807, 2.05) is 42.5 Å². The van der Waals surface area contributed by atoms with Crippen LogP contribution in [0.3, 0.4) is 0 Å². The zero-order chi connectivity index (χ0) is 12.3. The van der Waals surface area contributed by atoms with Crippen molar-refractivity contribution in [3.05, 3.63) is 48.0 Å². The van der Waals surface area contributed by atoms with Crippen molar-refractivity contribution < 1.29 is 4.79 Å². The van der Waals surface area contributed by atoms with Crippen molar-refractivity contribution in [3.63, 3.8) is 0 Å². The molecule has 0 aliphatic rings. The second-order valence-electron chi connectivity index (χ2n) is 4.02. The van der Waals surface area contributed by atoms with Crippen molar-refractivity contribution in [2.45, 2.75) is 0 Å². The lowest BCUT2D eigenvalue weighted by Gasteiger charge is -2.00. The molecule has 17 heavy (non-hydrogen) atoms. The molecular formula is C15H13NO. The predicted octanol–water partition coefficient (Wildman–Crippen LogP) is 2.55. The molecule has 0 radical (unpaired) electrons. The van der Waals surface area contributed by atoms with Crippen LogP contribution in [0.15, 0.2) is 42.5 Å². The molecule has 0 aliphatic carbocycles. The highest BCUT2D eigenvalue weighted by molar-refractivity contribution is 6.10. The fraction of sp³-hybridized carbons (Fsp3) is 0.133. The monoisotopic (exact) mass is 223 g/mol. The Morgan fingerprint density at radius 3 is 2.47 bits per heavy atom. The van der Waals surface area contributed by atoms with Gasteiger partial charge in [-0.3, -0.25) is 4.79 Å². The Morgan fingerprint density at radius 2 is 1.76 bits per heavy atom. The van der Waals surface area contributed by atoms with Crippen LogP contribution in [0.25, 0.3) is 10.8 Å². The van der Waals surface area contributed by atoms with E-state index in [1.165, 1.54) is 0 Å². The minimum atomic E-state index is -0.149. The normalized spacial score (nSPS) is 9.53. The number of ketones is 1. The molecule has 2 aromatic rings. The molecule has 0 unspecified atom stereocenters. The van der Waals surface area contributed by atoms with Gasteiger partial charge in [-0.15, -0.1) is 0 Å². The van der Waals surface area contributed by atoms with Crippen LogP contribution in [-0.2, 0) is 0 Å². The van der Waals surface area contributed by atoms with Crippen LogP contribution in [0.5, 0.6) is 0 Å². The summed E-state index contributed by atoms with van der Waals surface area (Å²) in [5, 5.41) is 2.19. The number of benzene rings is 2. The lowest BCUT2D eigenvalue weighted by Crippen LogP contribution is -2.03. The highest BCUT2D eigenvalue weighted by Gasteiger charge is 2.02. The molecule has 0 N–H and O–H groups in total. The van der Waals surface area contributed by atoms with Gasteiger partial charge in [0.1, 0.15) is 0 Å². The second-order valence-corrected chi connectivity index (χ2v) is 4.02. The van der Waals surface area contributed by atoms with Gasteiger partial charge in [0.15, 0.2) is 0 Å². The number of fused-ring (bicyclic) bond motifs is 1. The Kier molecular flexibility index (Phi) is 3.11. The molecule has 0 bridgehead atoms. The lowest BCUT2D eigenvalue weighted by molar-refractivity contribution is 0.105. The van der Waals surface area contributed by atoms with Crippen LogP contribution < -0.4 is 0 Å². The van der Waals surface area contributed by atoms with E-state index in [-0.39, 0.29) is 5.78 Å². The number of rotatable bonds is 1. The SMILES string of the molecule is CN(C)C#CC(=O)c1ccc2ccccc2c1. The Labute approximate surface area is 101 Å². The van der Waals surface area contributed by atoms with Gasteiger partial charge in [0, 0.05) is 25.7 Å². The number of nitrogens with zero attached hydrogens (tertiary/aromatic N) is 1. The Bertz CT molecular complexity index is 617. The summed E-state index contributed by atoms with van der Waals surface area (Å²) in [7, 11) is 3.61. The summed E-state index contributed by atoms with van der Waals surface area (Å²) >= 11 is 0. The number of Topliss-reactive ketones (excluding diaryl/α,β-unsaturated/α-hetero) is 1. The molecule has 2 rings (SSSR count). The van der Waals surface area contributed by atoms with Gasteiger partial charge in [-0.2, -0.15) is 0 Å². The second kappa shape index (κ2) is 4.71. The highest BCUT2D eigenvalue weighted by atomic mass is 16.1. The van der Waals surface area contributed by atoms with E-state index in [0.717, 1.165) is 10.8 Å². The first-order chi connectivity index (χ1) is 8.16. The van der Waals surface area contributed by atoms with Gasteiger partial charge in [0.2, 0.25) is 5.78 Å². The first kappa shape index (κ1) is 11.2. The minimum absolute atomic E-state index is 0.149. The largest absolute Gasteiger partial charge is 0.338 e.